The first kappa shape index (κ1) is 22.7. The molecule has 0 radical (unpaired) electrons. The number of aliphatic hydroxyl groups is 1. The van der Waals surface area contributed by atoms with Crippen LogP contribution in [0.4, 0.5) is 23.2 Å². The Morgan fingerprint density at radius 3 is 2.52 bits per heavy atom. The lowest BCUT2D eigenvalue weighted by Gasteiger charge is -2.38. The number of hydrogen-bond acceptors (Lipinski definition) is 5. The molecule has 3 rings (SSSR count). The minimum absolute atomic E-state index is 0.234. The molecule has 31 heavy (non-hydrogen) atoms. The van der Waals surface area contributed by atoms with Gasteiger partial charge in [0.1, 0.15) is 11.6 Å². The van der Waals surface area contributed by atoms with E-state index in [0.29, 0.717) is 16.6 Å². The Balaban J connectivity index is 1.93. The summed E-state index contributed by atoms with van der Waals surface area (Å²) in [5.74, 6) is -0.356. The Kier molecular flexibility index (Phi) is 6.09. The molecule has 1 unspecified atom stereocenters. The number of halogens is 4. The van der Waals surface area contributed by atoms with E-state index in [0.717, 1.165) is 6.07 Å². The lowest BCUT2D eigenvalue weighted by atomic mass is 9.74. The van der Waals surface area contributed by atoms with Crippen molar-refractivity contribution in [2.45, 2.75) is 37.5 Å². The number of nitrogens with zero attached hydrogens (tertiary/aromatic N) is 2. The van der Waals surface area contributed by atoms with Crippen molar-refractivity contribution >= 4 is 16.6 Å². The van der Waals surface area contributed by atoms with E-state index in [1.165, 1.54) is 39.3 Å². The molecule has 0 saturated carbocycles. The van der Waals surface area contributed by atoms with Gasteiger partial charge in [0.2, 0.25) is 0 Å². The van der Waals surface area contributed by atoms with Crippen LogP contribution in [0.25, 0.3) is 10.9 Å². The summed E-state index contributed by atoms with van der Waals surface area (Å²) in [6.45, 7) is 2.21. The number of benzene rings is 2. The number of hydrogen-bond donors (Lipinski definition) is 2. The van der Waals surface area contributed by atoms with Crippen molar-refractivity contribution in [3.05, 3.63) is 60.0 Å². The average molecular weight is 437 g/mol. The van der Waals surface area contributed by atoms with E-state index in [1.54, 1.807) is 24.3 Å². The van der Waals surface area contributed by atoms with Gasteiger partial charge in [-0.15, -0.1) is 0 Å². The van der Waals surface area contributed by atoms with E-state index in [4.69, 9.17) is 4.74 Å². The minimum Gasteiger partial charge on any atom is -0.496 e. The SMILES string of the molecule is COc1ccc(F)cc1C(C)(C)CC(O)(CNc1cccc2nnccc12)C(F)(F)F. The van der Waals surface area contributed by atoms with Gasteiger partial charge < -0.3 is 15.2 Å². The van der Waals surface area contributed by atoms with Crippen LogP contribution in [0.15, 0.2) is 48.7 Å². The molecule has 0 aliphatic heterocycles. The molecule has 5 nitrogen and oxygen atoms in total. The maximum absolute atomic E-state index is 14.0. The predicted octanol–water partition coefficient (Wildman–Crippen LogP) is 4.85. The highest BCUT2D eigenvalue weighted by Crippen LogP contribution is 2.44. The van der Waals surface area contributed by atoms with Crippen LogP contribution in [0, 0.1) is 5.82 Å². The van der Waals surface area contributed by atoms with Crippen LogP contribution < -0.4 is 10.1 Å². The molecule has 0 spiro atoms. The standard InChI is InChI=1S/C22H23F4N3O2/c1-20(2,16-11-14(23)7-8-19(16)31-3)12-21(30,22(24,25)26)13-27-17-5-4-6-18-15(17)9-10-28-29-18/h4-11,27,30H,12-13H2,1-3H3. The van der Waals surface area contributed by atoms with Gasteiger partial charge in [-0.05, 0) is 48.2 Å². The lowest BCUT2D eigenvalue weighted by molar-refractivity contribution is -0.260. The lowest BCUT2D eigenvalue weighted by Crippen LogP contribution is -2.53. The molecule has 0 aliphatic rings. The zero-order chi connectivity index (χ0) is 22.9. The van der Waals surface area contributed by atoms with Crippen LogP contribution in [0.1, 0.15) is 25.8 Å². The van der Waals surface area contributed by atoms with Gasteiger partial charge in [0, 0.05) is 16.6 Å². The van der Waals surface area contributed by atoms with Crippen molar-refractivity contribution in [2.75, 3.05) is 19.0 Å². The van der Waals surface area contributed by atoms with Crippen LogP contribution in [0.5, 0.6) is 5.75 Å². The maximum atomic E-state index is 14.0. The quantitative estimate of drug-likeness (QED) is 0.518. The molecule has 2 aromatic carbocycles. The van der Waals surface area contributed by atoms with E-state index in [9.17, 15) is 22.7 Å². The van der Waals surface area contributed by atoms with Crippen molar-refractivity contribution in [3.63, 3.8) is 0 Å². The number of aromatic nitrogens is 2. The van der Waals surface area contributed by atoms with Gasteiger partial charge in [-0.3, -0.25) is 0 Å². The molecule has 0 fully saturated rings. The number of rotatable bonds is 7. The third kappa shape index (κ3) is 4.71. The molecule has 1 heterocycles. The Bertz CT molecular complexity index is 1070. The van der Waals surface area contributed by atoms with Gasteiger partial charge in [0.25, 0.3) is 0 Å². The molecule has 9 heteroatoms. The normalized spacial score (nSPS) is 14.3. The highest BCUT2D eigenvalue weighted by molar-refractivity contribution is 5.90. The first-order valence-corrected chi connectivity index (χ1v) is 9.54. The molecule has 0 amide bonds. The molecule has 0 saturated heterocycles. The molecule has 2 N–H and O–H groups in total. The first-order chi connectivity index (χ1) is 14.5. The number of nitrogens with one attached hydrogen (secondary N) is 1. The number of methoxy groups -OCH3 is 1. The summed E-state index contributed by atoms with van der Waals surface area (Å²) in [5.41, 5.74) is -3.23. The van der Waals surface area contributed by atoms with Gasteiger partial charge in [0.05, 0.1) is 25.4 Å². The van der Waals surface area contributed by atoms with Crippen LogP contribution in [-0.4, -0.2) is 40.7 Å². The molecule has 1 atom stereocenters. The van der Waals surface area contributed by atoms with Crippen molar-refractivity contribution < 1.29 is 27.4 Å². The molecular weight excluding hydrogens is 414 g/mol. The third-order valence-corrected chi connectivity index (χ3v) is 5.28. The van der Waals surface area contributed by atoms with E-state index in [1.807, 2.05) is 0 Å². The van der Waals surface area contributed by atoms with Crippen molar-refractivity contribution in [2.24, 2.45) is 0 Å². The van der Waals surface area contributed by atoms with Crippen LogP contribution in [-0.2, 0) is 5.41 Å². The number of ether oxygens (including phenoxy) is 1. The summed E-state index contributed by atoms with van der Waals surface area (Å²) in [7, 11) is 1.35. The van der Waals surface area contributed by atoms with E-state index in [-0.39, 0.29) is 11.3 Å². The fraction of sp³-hybridized carbons (Fsp3) is 0.364. The molecule has 0 bridgehead atoms. The predicted molar refractivity (Wildman–Crippen MR) is 110 cm³/mol. The Labute approximate surface area is 177 Å². The van der Waals surface area contributed by atoms with E-state index in [2.05, 4.69) is 15.5 Å². The summed E-state index contributed by atoms with van der Waals surface area (Å²) >= 11 is 0. The summed E-state index contributed by atoms with van der Waals surface area (Å²) in [6, 6.07) is 10.2. The van der Waals surface area contributed by atoms with Gasteiger partial charge in [0.15, 0.2) is 5.60 Å². The molecule has 0 aliphatic carbocycles. The fourth-order valence-corrected chi connectivity index (χ4v) is 3.71. The van der Waals surface area contributed by atoms with E-state index < -0.39 is 36.0 Å². The fourth-order valence-electron chi connectivity index (χ4n) is 3.71. The zero-order valence-electron chi connectivity index (χ0n) is 17.3. The molecular formula is C22H23F4N3O2. The maximum Gasteiger partial charge on any atom is 0.418 e. The Morgan fingerprint density at radius 1 is 1.10 bits per heavy atom. The Hall–Kier alpha value is -2.94. The molecule has 166 valence electrons. The average Bonchev–Trinajstić information content (AvgIpc) is 2.71. The number of fused-ring (bicyclic) bond motifs is 1. The topological polar surface area (TPSA) is 67.3 Å². The zero-order valence-corrected chi connectivity index (χ0v) is 17.3. The van der Waals surface area contributed by atoms with Gasteiger partial charge in [-0.2, -0.15) is 23.4 Å². The van der Waals surface area contributed by atoms with Gasteiger partial charge in [-0.1, -0.05) is 19.9 Å². The Morgan fingerprint density at radius 2 is 1.84 bits per heavy atom. The second-order valence-electron chi connectivity index (χ2n) is 8.06. The second kappa shape index (κ2) is 8.30. The van der Waals surface area contributed by atoms with Crippen LogP contribution in [0.2, 0.25) is 0 Å². The second-order valence-corrected chi connectivity index (χ2v) is 8.06. The van der Waals surface area contributed by atoms with Gasteiger partial charge in [-0.25, -0.2) is 4.39 Å². The van der Waals surface area contributed by atoms with Crippen molar-refractivity contribution in [3.8, 4) is 5.75 Å². The molecule has 1 aromatic heterocycles. The minimum atomic E-state index is -4.94. The van der Waals surface area contributed by atoms with Crippen LogP contribution in [0.3, 0.4) is 0 Å². The monoisotopic (exact) mass is 437 g/mol. The largest absolute Gasteiger partial charge is 0.496 e. The molecule has 3 aromatic rings. The van der Waals surface area contributed by atoms with Crippen LogP contribution >= 0.6 is 0 Å². The van der Waals surface area contributed by atoms with Crippen molar-refractivity contribution in [1.29, 1.82) is 0 Å². The van der Waals surface area contributed by atoms with Gasteiger partial charge >= 0.3 is 6.18 Å². The van der Waals surface area contributed by atoms with E-state index >= 15 is 0 Å². The summed E-state index contributed by atoms with van der Waals surface area (Å²) in [5, 5.41) is 21.7. The smallest absolute Gasteiger partial charge is 0.418 e. The highest BCUT2D eigenvalue weighted by atomic mass is 19.4. The summed E-state index contributed by atoms with van der Waals surface area (Å²) in [4.78, 5) is 0. The first-order valence-electron chi connectivity index (χ1n) is 9.54. The number of anilines is 1. The summed E-state index contributed by atoms with van der Waals surface area (Å²) in [6.07, 6.45) is -4.23. The highest BCUT2D eigenvalue weighted by Gasteiger charge is 2.56. The summed E-state index contributed by atoms with van der Waals surface area (Å²) < 4.78 is 61.1. The number of alkyl halides is 3. The van der Waals surface area contributed by atoms with Crippen molar-refractivity contribution in [1.82, 2.24) is 10.2 Å². The third-order valence-electron chi connectivity index (χ3n) is 5.28.